The van der Waals surface area contributed by atoms with Gasteiger partial charge >= 0.3 is 5.97 Å². The number of para-hydroxylation sites is 1. The minimum absolute atomic E-state index is 0.0728. The molecule has 0 radical (unpaired) electrons. The molecule has 0 saturated heterocycles. The molecule has 0 spiro atoms. The molecule has 0 amide bonds. The van der Waals surface area contributed by atoms with E-state index in [1.54, 1.807) is 6.07 Å². The molecule has 1 aromatic carbocycles. The van der Waals surface area contributed by atoms with Crippen molar-refractivity contribution in [2.75, 3.05) is 5.32 Å². The highest BCUT2D eigenvalue weighted by Gasteiger charge is 2.39. The van der Waals surface area contributed by atoms with E-state index in [4.69, 9.17) is 5.11 Å². The number of fused-ring (bicyclic) bond motifs is 1. The molecule has 5 heteroatoms. The van der Waals surface area contributed by atoms with Gasteiger partial charge in [0, 0.05) is 10.9 Å². The second-order valence-electron chi connectivity index (χ2n) is 5.51. The molecule has 1 heterocycles. The van der Waals surface area contributed by atoms with Crippen molar-refractivity contribution in [1.29, 1.82) is 5.26 Å². The fourth-order valence-electron chi connectivity index (χ4n) is 2.84. The van der Waals surface area contributed by atoms with Gasteiger partial charge in [0.1, 0.15) is 5.82 Å². The molecule has 1 fully saturated rings. The summed E-state index contributed by atoms with van der Waals surface area (Å²) in [5.41, 5.74) is 0.866. The van der Waals surface area contributed by atoms with E-state index < -0.39 is 11.5 Å². The number of carboxylic acids is 1. The van der Waals surface area contributed by atoms with Crippen LogP contribution >= 0.6 is 0 Å². The van der Waals surface area contributed by atoms with E-state index in [1.165, 1.54) is 0 Å². The van der Waals surface area contributed by atoms with Gasteiger partial charge in [-0.3, -0.25) is 4.79 Å². The van der Waals surface area contributed by atoms with E-state index in [-0.39, 0.29) is 6.42 Å². The zero-order valence-corrected chi connectivity index (χ0v) is 11.5. The Bertz CT molecular complexity index is 745. The van der Waals surface area contributed by atoms with Crippen LogP contribution in [0.3, 0.4) is 0 Å². The lowest BCUT2D eigenvalue weighted by molar-refractivity contribution is -0.138. The molecule has 2 N–H and O–H groups in total. The molecule has 21 heavy (non-hydrogen) atoms. The topological polar surface area (TPSA) is 86.0 Å². The summed E-state index contributed by atoms with van der Waals surface area (Å²) in [6, 6.07) is 11.3. The number of pyridine rings is 1. The molecule has 1 aliphatic carbocycles. The summed E-state index contributed by atoms with van der Waals surface area (Å²) >= 11 is 0. The van der Waals surface area contributed by atoms with Crippen molar-refractivity contribution in [2.24, 2.45) is 0 Å². The van der Waals surface area contributed by atoms with Crippen LogP contribution in [0.25, 0.3) is 10.9 Å². The lowest BCUT2D eigenvalue weighted by Gasteiger charge is -2.42. The van der Waals surface area contributed by atoms with E-state index in [0.29, 0.717) is 11.4 Å². The Kier molecular flexibility index (Phi) is 3.22. The molecule has 0 aliphatic heterocycles. The fourth-order valence-corrected chi connectivity index (χ4v) is 2.84. The molecule has 3 rings (SSSR count). The Balaban J connectivity index is 1.97. The minimum Gasteiger partial charge on any atom is -0.481 e. The smallest absolute Gasteiger partial charge is 0.305 e. The first-order valence-electron chi connectivity index (χ1n) is 6.92. The minimum atomic E-state index is -0.816. The number of nitriles is 1. The van der Waals surface area contributed by atoms with Crippen LogP contribution in [-0.2, 0) is 4.79 Å². The summed E-state index contributed by atoms with van der Waals surface area (Å²) in [5.74, 6) is -0.241. The Morgan fingerprint density at radius 2 is 2.19 bits per heavy atom. The number of nitrogens with one attached hydrogen (secondary N) is 1. The number of anilines is 1. The number of aromatic nitrogens is 1. The second-order valence-corrected chi connectivity index (χ2v) is 5.51. The first-order valence-corrected chi connectivity index (χ1v) is 6.92. The van der Waals surface area contributed by atoms with Crippen molar-refractivity contribution in [3.05, 3.63) is 35.9 Å². The van der Waals surface area contributed by atoms with Crippen molar-refractivity contribution < 1.29 is 9.90 Å². The molecule has 1 aliphatic rings. The van der Waals surface area contributed by atoms with Crippen LogP contribution in [0, 0.1) is 11.3 Å². The lowest BCUT2D eigenvalue weighted by atomic mass is 9.74. The van der Waals surface area contributed by atoms with Crippen LogP contribution in [-0.4, -0.2) is 21.6 Å². The Morgan fingerprint density at radius 1 is 1.43 bits per heavy atom. The van der Waals surface area contributed by atoms with Gasteiger partial charge in [-0.2, -0.15) is 5.26 Å². The summed E-state index contributed by atoms with van der Waals surface area (Å²) in [6.45, 7) is 0. The maximum atomic E-state index is 11.0. The van der Waals surface area contributed by atoms with Crippen molar-refractivity contribution >= 4 is 22.7 Å². The summed E-state index contributed by atoms with van der Waals surface area (Å²) in [6.07, 6.45) is 2.72. The van der Waals surface area contributed by atoms with E-state index in [9.17, 15) is 10.1 Å². The number of carboxylic acid groups (broad SMARTS) is 1. The molecule has 1 saturated carbocycles. The Hall–Kier alpha value is -2.61. The van der Waals surface area contributed by atoms with Gasteiger partial charge in [0.25, 0.3) is 0 Å². The van der Waals surface area contributed by atoms with Gasteiger partial charge in [0.2, 0.25) is 0 Å². The van der Waals surface area contributed by atoms with Crippen molar-refractivity contribution in [3.8, 4) is 6.07 Å². The summed E-state index contributed by atoms with van der Waals surface area (Å²) in [4.78, 5) is 15.5. The van der Waals surface area contributed by atoms with Gasteiger partial charge in [0.05, 0.1) is 23.6 Å². The standard InChI is InChI=1S/C16H15N3O2/c17-10-11-8-14(18-13-5-2-1-4-12(11)13)19-16(6-3-7-16)9-15(20)21/h1-2,4-5,8H,3,6-7,9H2,(H,18,19)(H,20,21). The SMILES string of the molecule is N#Cc1cc(NC2(CC(=O)O)CCC2)nc2ccccc12. The summed E-state index contributed by atoms with van der Waals surface area (Å²) < 4.78 is 0. The van der Waals surface area contributed by atoms with Crippen LogP contribution in [0.5, 0.6) is 0 Å². The highest BCUT2D eigenvalue weighted by atomic mass is 16.4. The lowest BCUT2D eigenvalue weighted by Crippen LogP contribution is -2.47. The monoisotopic (exact) mass is 281 g/mol. The van der Waals surface area contributed by atoms with Crippen LogP contribution < -0.4 is 5.32 Å². The zero-order chi connectivity index (χ0) is 14.9. The van der Waals surface area contributed by atoms with Gasteiger partial charge < -0.3 is 10.4 Å². The molecule has 0 unspecified atom stereocenters. The molecule has 106 valence electrons. The highest BCUT2D eigenvalue weighted by Crippen LogP contribution is 2.38. The number of aliphatic carboxylic acids is 1. The third kappa shape index (κ3) is 2.52. The van der Waals surface area contributed by atoms with Gasteiger partial charge in [-0.05, 0) is 31.4 Å². The normalized spacial score (nSPS) is 16.0. The van der Waals surface area contributed by atoms with Crippen LogP contribution in [0.1, 0.15) is 31.2 Å². The van der Waals surface area contributed by atoms with E-state index in [1.807, 2.05) is 24.3 Å². The van der Waals surface area contributed by atoms with E-state index >= 15 is 0 Å². The fraction of sp³-hybridized carbons (Fsp3) is 0.312. The predicted octanol–water partition coefficient (Wildman–Crippen LogP) is 2.92. The van der Waals surface area contributed by atoms with E-state index in [2.05, 4.69) is 16.4 Å². The molecule has 5 nitrogen and oxygen atoms in total. The Morgan fingerprint density at radius 3 is 2.81 bits per heavy atom. The van der Waals surface area contributed by atoms with Gasteiger partial charge in [-0.1, -0.05) is 18.2 Å². The number of hydrogen-bond donors (Lipinski definition) is 2. The van der Waals surface area contributed by atoms with E-state index in [0.717, 1.165) is 30.2 Å². The Labute approximate surface area is 122 Å². The highest BCUT2D eigenvalue weighted by molar-refractivity contribution is 5.86. The molecular formula is C16H15N3O2. The van der Waals surface area contributed by atoms with Crippen LogP contribution in [0.2, 0.25) is 0 Å². The van der Waals surface area contributed by atoms with Crippen molar-refractivity contribution in [1.82, 2.24) is 4.98 Å². The maximum Gasteiger partial charge on any atom is 0.305 e. The summed E-state index contributed by atoms with van der Waals surface area (Å²) in [7, 11) is 0. The summed E-state index contributed by atoms with van der Waals surface area (Å²) in [5, 5.41) is 22.4. The molecule has 0 bridgehead atoms. The molecule has 1 aromatic heterocycles. The predicted molar refractivity (Wildman–Crippen MR) is 78.9 cm³/mol. The third-order valence-electron chi connectivity index (χ3n) is 4.03. The molecule has 0 atom stereocenters. The average molecular weight is 281 g/mol. The second kappa shape index (κ2) is 5.06. The quantitative estimate of drug-likeness (QED) is 0.899. The molecule has 2 aromatic rings. The molecular weight excluding hydrogens is 266 g/mol. The largest absolute Gasteiger partial charge is 0.481 e. The van der Waals surface area contributed by atoms with Gasteiger partial charge in [-0.25, -0.2) is 4.98 Å². The van der Waals surface area contributed by atoms with Gasteiger partial charge in [0.15, 0.2) is 0 Å². The third-order valence-corrected chi connectivity index (χ3v) is 4.03. The zero-order valence-electron chi connectivity index (χ0n) is 11.5. The number of carbonyl (C=O) groups is 1. The number of hydrogen-bond acceptors (Lipinski definition) is 4. The van der Waals surface area contributed by atoms with Crippen molar-refractivity contribution in [3.63, 3.8) is 0 Å². The van der Waals surface area contributed by atoms with Gasteiger partial charge in [-0.15, -0.1) is 0 Å². The van der Waals surface area contributed by atoms with Crippen LogP contribution in [0.4, 0.5) is 5.82 Å². The number of nitrogens with zero attached hydrogens (tertiary/aromatic N) is 2. The maximum absolute atomic E-state index is 11.0. The number of benzene rings is 1. The first-order chi connectivity index (χ1) is 10.1. The van der Waals surface area contributed by atoms with Crippen molar-refractivity contribution in [2.45, 2.75) is 31.2 Å². The number of rotatable bonds is 4. The van der Waals surface area contributed by atoms with Crippen LogP contribution in [0.15, 0.2) is 30.3 Å². The first kappa shape index (κ1) is 13.4. The average Bonchev–Trinajstić information content (AvgIpc) is 2.43.